The first-order chi connectivity index (χ1) is 0. The van der Waals surface area contributed by atoms with Crippen molar-refractivity contribution in [1.82, 2.24) is 0 Å². The zero-order valence-corrected chi connectivity index (χ0v) is 9.32. The minimum absolute atomic E-state index is 0. The van der Waals surface area contributed by atoms with Crippen LogP contribution in [-0.4, -0.2) is 0 Å². The first-order valence-electron chi connectivity index (χ1n) is 0. The van der Waals surface area contributed by atoms with Gasteiger partial charge in [0.1, 0.15) is 0 Å². The summed E-state index contributed by atoms with van der Waals surface area (Å²) in [6, 6.07) is 0. The van der Waals surface area contributed by atoms with Crippen LogP contribution in [0.15, 0.2) is 0 Å². The van der Waals surface area contributed by atoms with Crippen LogP contribution in [0.1, 0.15) is 0 Å². The monoisotopic (exact) mass is 238 g/mol. The molecule has 0 atom stereocenters. The van der Waals surface area contributed by atoms with Crippen LogP contribution in [0.3, 0.4) is 0 Å². The van der Waals surface area contributed by atoms with Gasteiger partial charge in [0.2, 0.25) is 0 Å². The van der Waals surface area contributed by atoms with E-state index < -0.39 is 0 Å². The molecule has 0 saturated carbocycles. The largest absolute Gasteiger partial charge is 0 e. The Labute approximate surface area is 95.3 Å². The quantitative estimate of drug-likeness (QED) is 0.520. The van der Waals surface area contributed by atoms with E-state index in [1.54, 1.807) is 0 Å². The second kappa shape index (κ2) is 16.4. The van der Waals surface area contributed by atoms with E-state index in [4.69, 9.17) is 0 Å². The van der Waals surface area contributed by atoms with E-state index in [0.29, 0.717) is 0 Å². The van der Waals surface area contributed by atoms with Gasteiger partial charge in [0.15, 0.2) is 0 Å². The third-order valence-electron chi connectivity index (χ3n) is 0. The van der Waals surface area contributed by atoms with Gasteiger partial charge in [-0.2, -0.15) is 0 Å². The topological polar surface area (TPSA) is 0 Å². The Kier molecular flexibility index (Phi) is 110. The molecule has 18 valence electrons. The van der Waals surface area contributed by atoms with Gasteiger partial charge in [-0.15, -0.1) is 0 Å². The summed E-state index contributed by atoms with van der Waals surface area (Å²) in [5.41, 5.74) is 0. The minimum atomic E-state index is 0. The Morgan fingerprint density at radius 3 is 1.00 bits per heavy atom. The molecule has 0 saturated heterocycles. The summed E-state index contributed by atoms with van der Waals surface area (Å²) in [6.07, 6.45) is 0. The Balaban J connectivity index is 0. The molecule has 4 heteroatoms. The van der Waals surface area contributed by atoms with Crippen LogP contribution in [-0.2, 0) is 97.3 Å². The maximum Gasteiger partial charge on any atom is 0 e. The summed E-state index contributed by atoms with van der Waals surface area (Å²) in [7, 11) is 0. The molecule has 0 aliphatic rings. The van der Waals surface area contributed by atoms with E-state index in [-0.39, 0.29) is 97.3 Å². The van der Waals surface area contributed by atoms with Crippen LogP contribution in [0.5, 0.6) is 0 Å². The van der Waals surface area contributed by atoms with Crippen molar-refractivity contribution in [2.75, 3.05) is 0 Å². The summed E-state index contributed by atoms with van der Waals surface area (Å²) >= 11 is 0. The minimum Gasteiger partial charge on any atom is 0 e. The summed E-state index contributed by atoms with van der Waals surface area (Å²) in [4.78, 5) is 0. The van der Waals surface area contributed by atoms with Crippen molar-refractivity contribution >= 4 is 0 Å². The Hall–Kier alpha value is 3.21. The van der Waals surface area contributed by atoms with Gasteiger partial charge < -0.3 is 0 Å². The van der Waals surface area contributed by atoms with Gasteiger partial charge in [0.05, 0.1) is 0 Å². The standard InChI is InChI=1S/Fe.Sc.Ti.Y. The van der Waals surface area contributed by atoms with E-state index >= 15 is 0 Å². The average Bonchev–Trinajstić information content (AvgIpc) is 0. The summed E-state index contributed by atoms with van der Waals surface area (Å²) in [5, 5.41) is 0. The number of hydrogen-bond acceptors (Lipinski definition) is 0. The molecule has 0 aromatic heterocycles. The van der Waals surface area contributed by atoms with E-state index in [9.17, 15) is 0 Å². The van der Waals surface area contributed by atoms with Crippen molar-refractivity contribution in [1.29, 1.82) is 0 Å². The Morgan fingerprint density at radius 1 is 1.00 bits per heavy atom. The molecule has 4 heavy (non-hydrogen) atoms. The molecule has 0 unspecified atom stereocenters. The Morgan fingerprint density at radius 2 is 1.00 bits per heavy atom. The van der Waals surface area contributed by atoms with Gasteiger partial charge >= 0.3 is 0 Å². The Bertz CT molecular complexity index is 8.00. The summed E-state index contributed by atoms with van der Waals surface area (Å²) < 4.78 is 0. The average molecular weight is 238 g/mol. The third kappa shape index (κ3) is 8.96. The first kappa shape index (κ1) is 27.0. The predicted octanol–water partition coefficient (Wildman–Crippen LogP) is -0.0100. The molecule has 0 aromatic rings. The fraction of sp³-hybridized carbons (Fsp3) is 0. The molecule has 0 heterocycles. The van der Waals surface area contributed by atoms with E-state index in [2.05, 4.69) is 0 Å². The molecule has 0 rings (SSSR count). The van der Waals surface area contributed by atoms with Crippen molar-refractivity contribution in [2.45, 2.75) is 0 Å². The molecule has 0 aliphatic heterocycles. The maximum absolute atomic E-state index is 0. The molecule has 0 aromatic carbocycles. The molecule has 2 radical (unpaired) electrons. The van der Waals surface area contributed by atoms with Crippen molar-refractivity contribution in [3.8, 4) is 0 Å². The molecule has 0 nitrogen and oxygen atoms in total. The van der Waals surface area contributed by atoms with E-state index in [1.165, 1.54) is 0 Å². The maximum atomic E-state index is 0. The molecule has 0 fully saturated rings. The van der Waals surface area contributed by atoms with Crippen molar-refractivity contribution in [3.05, 3.63) is 0 Å². The first-order valence-corrected chi connectivity index (χ1v) is 0. The fourth-order valence-electron chi connectivity index (χ4n) is 0. The normalized spacial score (nSPS) is 0. The van der Waals surface area contributed by atoms with Crippen molar-refractivity contribution in [3.63, 3.8) is 0 Å². The third-order valence-corrected chi connectivity index (χ3v) is 0. The van der Waals surface area contributed by atoms with Crippen LogP contribution >= 0.6 is 0 Å². The van der Waals surface area contributed by atoms with Crippen LogP contribution < -0.4 is 0 Å². The fourth-order valence-corrected chi connectivity index (χ4v) is 0. The SMILES string of the molecule is [Fe].[Sc].[Ti].[Y]. The number of rotatable bonds is 0. The molecule has 0 N–H and O–H groups in total. The van der Waals surface area contributed by atoms with Gasteiger partial charge in [-0.05, 0) is 0 Å². The van der Waals surface area contributed by atoms with E-state index in [1.807, 2.05) is 0 Å². The van der Waals surface area contributed by atoms with Crippen LogP contribution in [0.25, 0.3) is 0 Å². The molecule has 0 spiro atoms. The van der Waals surface area contributed by atoms with Crippen molar-refractivity contribution < 1.29 is 97.3 Å². The van der Waals surface area contributed by atoms with Gasteiger partial charge in [0, 0.05) is 97.3 Å². The van der Waals surface area contributed by atoms with Gasteiger partial charge in [-0.3, -0.25) is 0 Å². The van der Waals surface area contributed by atoms with Crippen LogP contribution in [0, 0.1) is 0 Å². The second-order valence-corrected chi connectivity index (χ2v) is 0. The van der Waals surface area contributed by atoms with Gasteiger partial charge in [0.25, 0.3) is 0 Å². The summed E-state index contributed by atoms with van der Waals surface area (Å²) in [6.45, 7) is 0. The summed E-state index contributed by atoms with van der Waals surface area (Å²) in [5.74, 6) is 0. The predicted molar refractivity (Wildman–Crippen MR) is 0 cm³/mol. The molecular formula is FeScTiY. The van der Waals surface area contributed by atoms with E-state index in [0.717, 1.165) is 0 Å². The zero-order chi connectivity index (χ0) is 0. The molecule has 0 bridgehead atoms. The van der Waals surface area contributed by atoms with Gasteiger partial charge in [-0.25, -0.2) is 0 Å². The zero-order valence-electron chi connectivity index (χ0n) is 2.01. The number of hydrogen-bond donors (Lipinski definition) is 0. The molecular weight excluding hydrogens is 238 g/mol. The van der Waals surface area contributed by atoms with Gasteiger partial charge in [-0.1, -0.05) is 0 Å². The second-order valence-electron chi connectivity index (χ2n) is 0. The smallest absolute Gasteiger partial charge is 0 e. The van der Waals surface area contributed by atoms with Crippen LogP contribution in [0.4, 0.5) is 0 Å². The van der Waals surface area contributed by atoms with Crippen molar-refractivity contribution in [2.24, 2.45) is 0 Å². The molecule has 0 amide bonds. The molecule has 0 aliphatic carbocycles. The van der Waals surface area contributed by atoms with Crippen LogP contribution in [0.2, 0.25) is 0 Å².